The molecule has 0 saturated carbocycles. The van der Waals surface area contributed by atoms with Gasteiger partial charge in [-0.25, -0.2) is 4.79 Å². The number of rotatable bonds is 8. The average molecular weight is 385 g/mol. The van der Waals surface area contributed by atoms with Gasteiger partial charge in [-0.15, -0.1) is 0 Å². The van der Waals surface area contributed by atoms with Gasteiger partial charge in [0, 0.05) is 6.04 Å². The molecule has 0 aliphatic heterocycles. The normalized spacial score (nSPS) is 14.8. The molecular formula is C23H32N2O3. The second kappa shape index (κ2) is 10.2. The van der Waals surface area contributed by atoms with Crippen LogP contribution in [-0.4, -0.2) is 35.0 Å². The summed E-state index contributed by atoms with van der Waals surface area (Å²) >= 11 is 0. The minimum absolute atomic E-state index is 0.212. The van der Waals surface area contributed by atoms with Crippen molar-refractivity contribution in [2.45, 2.75) is 63.8 Å². The standard InChI is InChI=1S/C23H32N2O3/c1-23(2,3)28-22(27)25-20(15-18-12-8-5-9-13-18)21(26)16-19(24)14-17-10-6-4-7-11-17/h4-13,19-21,26H,14-16,24H2,1-3H3,(H,25,27)/t19-,20-,21+/m0/s1. The number of alkyl carbamates (subject to hydrolysis) is 1. The van der Waals surface area contributed by atoms with E-state index in [-0.39, 0.29) is 6.04 Å². The van der Waals surface area contributed by atoms with Gasteiger partial charge in [0.25, 0.3) is 0 Å². The first kappa shape index (κ1) is 21.9. The Morgan fingerprint density at radius 3 is 2.00 bits per heavy atom. The van der Waals surface area contributed by atoms with Crippen LogP contribution in [0.4, 0.5) is 4.79 Å². The number of nitrogens with two attached hydrogens (primary N) is 1. The molecule has 0 aromatic heterocycles. The SMILES string of the molecule is CC(C)(C)OC(=O)N[C@@H](Cc1ccccc1)[C@H](O)C[C@@H](N)Cc1ccccc1. The fourth-order valence-electron chi connectivity index (χ4n) is 3.08. The zero-order valence-corrected chi connectivity index (χ0v) is 17.0. The lowest BCUT2D eigenvalue weighted by molar-refractivity contribution is 0.0405. The maximum Gasteiger partial charge on any atom is 0.407 e. The number of amides is 1. The number of hydrogen-bond acceptors (Lipinski definition) is 4. The van der Waals surface area contributed by atoms with E-state index in [2.05, 4.69) is 5.32 Å². The Labute approximate surface area is 167 Å². The van der Waals surface area contributed by atoms with Crippen molar-refractivity contribution in [3.63, 3.8) is 0 Å². The van der Waals surface area contributed by atoms with Crippen LogP contribution in [0.15, 0.2) is 60.7 Å². The Bertz CT molecular complexity index is 714. The first-order chi connectivity index (χ1) is 13.2. The largest absolute Gasteiger partial charge is 0.444 e. The monoisotopic (exact) mass is 384 g/mol. The number of carbonyl (C=O) groups excluding carboxylic acids is 1. The molecule has 4 N–H and O–H groups in total. The fourth-order valence-corrected chi connectivity index (χ4v) is 3.08. The van der Waals surface area contributed by atoms with Gasteiger partial charge in [-0.1, -0.05) is 60.7 Å². The maximum atomic E-state index is 12.3. The Hall–Kier alpha value is -2.37. The van der Waals surface area contributed by atoms with Crippen LogP contribution < -0.4 is 11.1 Å². The number of nitrogens with one attached hydrogen (secondary N) is 1. The van der Waals surface area contributed by atoms with Gasteiger partial charge in [0.2, 0.25) is 0 Å². The molecule has 152 valence electrons. The predicted molar refractivity (Wildman–Crippen MR) is 112 cm³/mol. The number of hydrogen-bond donors (Lipinski definition) is 3. The lowest BCUT2D eigenvalue weighted by atomic mass is 9.94. The first-order valence-corrected chi connectivity index (χ1v) is 9.74. The molecule has 0 bridgehead atoms. The molecule has 28 heavy (non-hydrogen) atoms. The van der Waals surface area contributed by atoms with Crippen LogP contribution in [0.1, 0.15) is 38.3 Å². The highest BCUT2D eigenvalue weighted by molar-refractivity contribution is 5.68. The van der Waals surface area contributed by atoms with E-state index in [4.69, 9.17) is 10.5 Å². The maximum absolute atomic E-state index is 12.3. The second-order valence-corrected chi connectivity index (χ2v) is 8.20. The van der Waals surface area contributed by atoms with Gasteiger partial charge in [0.05, 0.1) is 12.1 Å². The van der Waals surface area contributed by atoms with Gasteiger partial charge in [-0.2, -0.15) is 0 Å². The van der Waals surface area contributed by atoms with Crippen LogP contribution in [-0.2, 0) is 17.6 Å². The molecule has 3 atom stereocenters. The summed E-state index contributed by atoms with van der Waals surface area (Å²) in [6.45, 7) is 5.43. The van der Waals surface area contributed by atoms with Crippen LogP contribution >= 0.6 is 0 Å². The van der Waals surface area contributed by atoms with Crippen molar-refractivity contribution in [2.75, 3.05) is 0 Å². The third-order valence-electron chi connectivity index (χ3n) is 4.35. The summed E-state index contributed by atoms with van der Waals surface area (Å²) in [5.74, 6) is 0. The molecule has 0 aliphatic carbocycles. The Morgan fingerprint density at radius 2 is 1.50 bits per heavy atom. The highest BCUT2D eigenvalue weighted by Gasteiger charge is 2.26. The summed E-state index contributed by atoms with van der Waals surface area (Å²) < 4.78 is 5.36. The van der Waals surface area contributed by atoms with Gasteiger partial charge in [0.1, 0.15) is 5.60 Å². The average Bonchev–Trinajstić information content (AvgIpc) is 2.61. The Morgan fingerprint density at radius 1 is 1.00 bits per heavy atom. The number of aliphatic hydroxyl groups excluding tert-OH is 1. The topological polar surface area (TPSA) is 84.6 Å². The third-order valence-corrected chi connectivity index (χ3v) is 4.35. The fraction of sp³-hybridized carbons (Fsp3) is 0.435. The number of benzene rings is 2. The summed E-state index contributed by atoms with van der Waals surface area (Å²) in [7, 11) is 0. The molecule has 0 saturated heterocycles. The van der Waals surface area contributed by atoms with Crippen molar-refractivity contribution < 1.29 is 14.6 Å². The lowest BCUT2D eigenvalue weighted by Gasteiger charge is -2.28. The van der Waals surface area contributed by atoms with Crippen molar-refractivity contribution in [3.8, 4) is 0 Å². The van der Waals surface area contributed by atoms with Gasteiger partial charge >= 0.3 is 6.09 Å². The van der Waals surface area contributed by atoms with E-state index in [9.17, 15) is 9.90 Å². The lowest BCUT2D eigenvalue weighted by Crippen LogP contribution is -2.48. The van der Waals surface area contributed by atoms with Gasteiger partial charge in [0.15, 0.2) is 0 Å². The zero-order chi connectivity index (χ0) is 20.6. The van der Waals surface area contributed by atoms with E-state index >= 15 is 0 Å². The molecule has 2 aromatic rings. The van der Waals surface area contributed by atoms with Gasteiger partial charge < -0.3 is 20.9 Å². The molecule has 2 aromatic carbocycles. The summed E-state index contributed by atoms with van der Waals surface area (Å²) in [6, 6.07) is 19.0. The van der Waals surface area contributed by atoms with Crippen LogP contribution in [0.2, 0.25) is 0 Å². The molecule has 5 nitrogen and oxygen atoms in total. The molecule has 0 fully saturated rings. The molecule has 0 aliphatic rings. The van der Waals surface area contributed by atoms with E-state index in [1.54, 1.807) is 0 Å². The van der Waals surface area contributed by atoms with E-state index in [0.717, 1.165) is 11.1 Å². The number of ether oxygens (including phenoxy) is 1. The summed E-state index contributed by atoms with van der Waals surface area (Å²) in [5, 5.41) is 13.6. The van der Waals surface area contributed by atoms with E-state index < -0.39 is 23.8 Å². The molecule has 0 spiro atoms. The smallest absolute Gasteiger partial charge is 0.407 e. The highest BCUT2D eigenvalue weighted by atomic mass is 16.6. The van der Waals surface area contributed by atoms with Crippen LogP contribution in [0, 0.1) is 0 Å². The summed E-state index contributed by atoms with van der Waals surface area (Å²) in [4.78, 5) is 12.3. The van der Waals surface area contributed by atoms with Crippen LogP contribution in [0.3, 0.4) is 0 Å². The van der Waals surface area contributed by atoms with Crippen molar-refractivity contribution in [3.05, 3.63) is 71.8 Å². The molecule has 0 radical (unpaired) electrons. The van der Waals surface area contributed by atoms with E-state index in [1.165, 1.54) is 0 Å². The molecule has 0 heterocycles. The quantitative estimate of drug-likeness (QED) is 0.651. The van der Waals surface area contributed by atoms with Crippen molar-refractivity contribution in [2.24, 2.45) is 5.73 Å². The minimum Gasteiger partial charge on any atom is -0.444 e. The van der Waals surface area contributed by atoms with Gasteiger partial charge in [-0.05, 0) is 51.2 Å². The Kier molecular flexibility index (Phi) is 8.03. The van der Waals surface area contributed by atoms with E-state index in [0.29, 0.717) is 19.3 Å². The zero-order valence-electron chi connectivity index (χ0n) is 17.0. The number of carbonyl (C=O) groups is 1. The van der Waals surface area contributed by atoms with Crippen molar-refractivity contribution >= 4 is 6.09 Å². The van der Waals surface area contributed by atoms with E-state index in [1.807, 2.05) is 81.4 Å². The minimum atomic E-state index is -0.786. The molecule has 5 heteroatoms. The summed E-state index contributed by atoms with van der Waals surface area (Å²) in [6.07, 6.45) is 0.222. The Balaban J connectivity index is 2.02. The third kappa shape index (κ3) is 8.11. The number of aliphatic hydroxyl groups is 1. The molecule has 0 unspecified atom stereocenters. The predicted octanol–water partition coefficient (Wildman–Crippen LogP) is 3.44. The highest BCUT2D eigenvalue weighted by Crippen LogP contribution is 2.14. The molecule has 2 rings (SSSR count). The molecular weight excluding hydrogens is 352 g/mol. The van der Waals surface area contributed by atoms with Crippen LogP contribution in [0.5, 0.6) is 0 Å². The second-order valence-electron chi connectivity index (χ2n) is 8.20. The van der Waals surface area contributed by atoms with Crippen LogP contribution in [0.25, 0.3) is 0 Å². The summed E-state index contributed by atoms with van der Waals surface area (Å²) in [5.41, 5.74) is 7.82. The first-order valence-electron chi connectivity index (χ1n) is 9.74. The van der Waals surface area contributed by atoms with Crippen molar-refractivity contribution in [1.82, 2.24) is 5.32 Å². The van der Waals surface area contributed by atoms with Gasteiger partial charge in [-0.3, -0.25) is 0 Å². The molecule has 1 amide bonds. The van der Waals surface area contributed by atoms with Crippen molar-refractivity contribution in [1.29, 1.82) is 0 Å².